The third-order valence-corrected chi connectivity index (χ3v) is 5.82. The lowest BCUT2D eigenvalue weighted by Gasteiger charge is -2.26. The summed E-state index contributed by atoms with van der Waals surface area (Å²) >= 11 is 0. The fourth-order valence-electron chi connectivity index (χ4n) is 0.598. The standard InChI is InChI=1S/C7H17NOSi/c1-6(2)10(4,5)8-7(3)9/h6H,1-5H3,(H,8,9). The lowest BCUT2D eigenvalue weighted by molar-refractivity contribution is -0.117. The van der Waals surface area contributed by atoms with Gasteiger partial charge in [0.2, 0.25) is 5.91 Å². The van der Waals surface area contributed by atoms with Gasteiger partial charge in [0, 0.05) is 6.92 Å². The van der Waals surface area contributed by atoms with Crippen LogP contribution >= 0.6 is 0 Å². The van der Waals surface area contributed by atoms with E-state index in [1.54, 1.807) is 6.92 Å². The van der Waals surface area contributed by atoms with Crippen LogP contribution in [0, 0.1) is 0 Å². The molecule has 10 heavy (non-hydrogen) atoms. The molecule has 0 heterocycles. The first-order chi connectivity index (χ1) is 4.36. The molecule has 1 amide bonds. The van der Waals surface area contributed by atoms with Crippen molar-refractivity contribution in [3.05, 3.63) is 0 Å². The number of nitrogens with one attached hydrogen (secondary N) is 1. The van der Waals surface area contributed by atoms with Crippen LogP contribution in [0.25, 0.3) is 0 Å². The Morgan fingerprint density at radius 1 is 1.40 bits per heavy atom. The molecule has 0 atom stereocenters. The summed E-state index contributed by atoms with van der Waals surface area (Å²) in [4.78, 5) is 13.7. The highest BCUT2D eigenvalue weighted by Gasteiger charge is 2.25. The molecule has 2 nitrogen and oxygen atoms in total. The summed E-state index contributed by atoms with van der Waals surface area (Å²) in [5.41, 5.74) is 0.608. The first-order valence-corrected chi connectivity index (χ1v) is 6.72. The second-order valence-corrected chi connectivity index (χ2v) is 8.41. The molecular formula is C7H17NOSi. The number of carbonyl (C=O) groups excluding carboxylic acids is 1. The summed E-state index contributed by atoms with van der Waals surface area (Å²) in [5.74, 6) is 0.102. The molecular weight excluding hydrogens is 142 g/mol. The van der Waals surface area contributed by atoms with E-state index in [4.69, 9.17) is 0 Å². The minimum Gasteiger partial charge on any atom is -0.382 e. The van der Waals surface area contributed by atoms with Crippen LogP contribution in [0.1, 0.15) is 20.8 Å². The van der Waals surface area contributed by atoms with Gasteiger partial charge in [-0.05, 0) is 5.54 Å². The lowest BCUT2D eigenvalue weighted by Crippen LogP contribution is -2.49. The molecule has 0 fully saturated rings. The van der Waals surface area contributed by atoms with E-state index in [1.165, 1.54) is 0 Å². The van der Waals surface area contributed by atoms with Crippen molar-refractivity contribution in [1.82, 2.24) is 4.98 Å². The van der Waals surface area contributed by atoms with Crippen molar-refractivity contribution in [2.75, 3.05) is 0 Å². The van der Waals surface area contributed by atoms with Crippen LogP contribution in [0.2, 0.25) is 18.6 Å². The van der Waals surface area contributed by atoms with Gasteiger partial charge < -0.3 is 4.98 Å². The maximum absolute atomic E-state index is 10.7. The van der Waals surface area contributed by atoms with E-state index in [2.05, 4.69) is 31.9 Å². The summed E-state index contributed by atoms with van der Waals surface area (Å²) < 4.78 is 0. The average Bonchev–Trinajstić information content (AvgIpc) is 1.60. The van der Waals surface area contributed by atoms with Gasteiger partial charge in [-0.15, -0.1) is 0 Å². The molecule has 0 aromatic carbocycles. The Morgan fingerprint density at radius 2 is 1.80 bits per heavy atom. The first kappa shape index (κ1) is 9.69. The van der Waals surface area contributed by atoms with Crippen molar-refractivity contribution in [2.45, 2.75) is 39.4 Å². The average molecular weight is 159 g/mol. The molecule has 3 heteroatoms. The van der Waals surface area contributed by atoms with Gasteiger partial charge in [-0.1, -0.05) is 26.9 Å². The van der Waals surface area contributed by atoms with Gasteiger partial charge in [-0.2, -0.15) is 0 Å². The van der Waals surface area contributed by atoms with E-state index >= 15 is 0 Å². The maximum atomic E-state index is 10.7. The molecule has 0 unspecified atom stereocenters. The zero-order chi connectivity index (χ0) is 8.36. The van der Waals surface area contributed by atoms with Crippen LogP contribution in [0.4, 0.5) is 0 Å². The van der Waals surface area contributed by atoms with E-state index in [9.17, 15) is 4.79 Å². The molecule has 0 saturated carbocycles. The van der Waals surface area contributed by atoms with Gasteiger partial charge in [-0.3, -0.25) is 4.79 Å². The van der Waals surface area contributed by atoms with Gasteiger partial charge in [0.05, 0.1) is 0 Å². The highest BCUT2D eigenvalue weighted by Crippen LogP contribution is 2.16. The van der Waals surface area contributed by atoms with Crippen molar-refractivity contribution in [1.29, 1.82) is 0 Å². The van der Waals surface area contributed by atoms with Crippen molar-refractivity contribution >= 4 is 14.1 Å². The van der Waals surface area contributed by atoms with Crippen LogP contribution in [0.5, 0.6) is 0 Å². The fourth-order valence-corrected chi connectivity index (χ4v) is 1.79. The third kappa shape index (κ3) is 3.01. The Balaban J connectivity index is 3.99. The van der Waals surface area contributed by atoms with Crippen molar-refractivity contribution in [3.63, 3.8) is 0 Å². The van der Waals surface area contributed by atoms with Crippen molar-refractivity contribution < 1.29 is 4.79 Å². The zero-order valence-corrected chi connectivity index (χ0v) is 8.49. The first-order valence-electron chi connectivity index (χ1n) is 3.65. The van der Waals surface area contributed by atoms with E-state index in [1.807, 2.05) is 0 Å². The normalized spacial score (nSPS) is 11.8. The Labute approximate surface area is 64.1 Å². The van der Waals surface area contributed by atoms with Gasteiger partial charge in [-0.25, -0.2) is 0 Å². The number of rotatable bonds is 2. The summed E-state index contributed by atoms with van der Waals surface area (Å²) in [5, 5.41) is 0. The Hall–Kier alpha value is -0.313. The molecule has 0 rings (SSSR count). The van der Waals surface area contributed by atoms with E-state index in [0.717, 1.165) is 0 Å². The van der Waals surface area contributed by atoms with Gasteiger partial charge >= 0.3 is 0 Å². The van der Waals surface area contributed by atoms with Crippen LogP contribution in [0.3, 0.4) is 0 Å². The highest BCUT2D eigenvalue weighted by molar-refractivity contribution is 6.78. The second kappa shape index (κ2) is 3.19. The molecule has 0 saturated heterocycles. The largest absolute Gasteiger partial charge is 0.382 e. The van der Waals surface area contributed by atoms with Crippen LogP contribution < -0.4 is 4.98 Å². The molecule has 60 valence electrons. The summed E-state index contributed by atoms with van der Waals surface area (Å²) in [7, 11) is -1.44. The summed E-state index contributed by atoms with van der Waals surface area (Å²) in [6.07, 6.45) is 0. The molecule has 0 spiro atoms. The zero-order valence-electron chi connectivity index (χ0n) is 7.49. The van der Waals surface area contributed by atoms with Gasteiger partial charge in [0.25, 0.3) is 0 Å². The van der Waals surface area contributed by atoms with E-state index < -0.39 is 8.24 Å². The molecule has 0 aliphatic rings. The predicted octanol–water partition coefficient (Wildman–Crippen LogP) is 1.74. The molecule has 0 radical (unpaired) electrons. The number of amides is 1. The molecule has 0 aromatic rings. The maximum Gasteiger partial charge on any atom is 0.209 e. The molecule has 1 N–H and O–H groups in total. The molecule has 0 aliphatic carbocycles. The summed E-state index contributed by atoms with van der Waals surface area (Å²) in [6, 6.07) is 0. The molecule has 0 bridgehead atoms. The highest BCUT2D eigenvalue weighted by atomic mass is 28.3. The van der Waals surface area contributed by atoms with Crippen molar-refractivity contribution in [2.24, 2.45) is 0 Å². The number of hydrogen-bond acceptors (Lipinski definition) is 1. The van der Waals surface area contributed by atoms with Crippen molar-refractivity contribution in [3.8, 4) is 0 Å². The minimum atomic E-state index is -1.44. The Morgan fingerprint density at radius 3 is 1.90 bits per heavy atom. The second-order valence-electron chi connectivity index (χ2n) is 3.56. The monoisotopic (exact) mass is 159 g/mol. The Kier molecular flexibility index (Phi) is 3.09. The number of hydrogen-bond donors (Lipinski definition) is 1. The van der Waals surface area contributed by atoms with Gasteiger partial charge in [0.15, 0.2) is 8.24 Å². The molecule has 0 aliphatic heterocycles. The fraction of sp³-hybridized carbons (Fsp3) is 0.857. The lowest BCUT2D eigenvalue weighted by atomic mass is 10.6. The quantitative estimate of drug-likeness (QED) is 0.611. The predicted molar refractivity (Wildman–Crippen MR) is 46.4 cm³/mol. The molecule has 0 aromatic heterocycles. The SMILES string of the molecule is CC(=O)N[Si](C)(C)C(C)C. The smallest absolute Gasteiger partial charge is 0.209 e. The third-order valence-electron chi connectivity index (χ3n) is 1.94. The minimum absolute atomic E-state index is 0.102. The van der Waals surface area contributed by atoms with Crippen LogP contribution in [0.15, 0.2) is 0 Å². The number of carbonyl (C=O) groups is 1. The summed E-state index contributed by atoms with van der Waals surface area (Å²) in [6.45, 7) is 10.2. The topological polar surface area (TPSA) is 29.1 Å². The van der Waals surface area contributed by atoms with Crippen LogP contribution in [-0.2, 0) is 4.79 Å². The van der Waals surface area contributed by atoms with Crippen LogP contribution in [-0.4, -0.2) is 14.1 Å². The Bertz CT molecular complexity index is 132. The van der Waals surface area contributed by atoms with E-state index in [-0.39, 0.29) is 5.91 Å². The van der Waals surface area contributed by atoms with Gasteiger partial charge in [0.1, 0.15) is 0 Å². The van der Waals surface area contributed by atoms with E-state index in [0.29, 0.717) is 5.54 Å².